The van der Waals surface area contributed by atoms with Crippen LogP contribution in [0.4, 0.5) is 30.8 Å². The molecule has 0 atom stereocenters. The van der Waals surface area contributed by atoms with Crippen molar-refractivity contribution < 1.29 is 17.9 Å². The van der Waals surface area contributed by atoms with Crippen LogP contribution in [0.3, 0.4) is 0 Å². The van der Waals surface area contributed by atoms with Crippen molar-refractivity contribution in [2.75, 3.05) is 17.7 Å². The number of hydrogen-bond acceptors (Lipinski definition) is 7. The van der Waals surface area contributed by atoms with E-state index in [1.54, 1.807) is 18.2 Å². The van der Waals surface area contributed by atoms with Gasteiger partial charge < -0.3 is 15.4 Å². The highest BCUT2D eigenvalue weighted by Crippen LogP contribution is 2.30. The van der Waals surface area contributed by atoms with E-state index >= 15 is 0 Å². The molecular formula is C19H18ClF3N6O. The van der Waals surface area contributed by atoms with E-state index in [1.807, 2.05) is 13.8 Å². The van der Waals surface area contributed by atoms with Crippen LogP contribution < -0.4 is 15.4 Å². The van der Waals surface area contributed by atoms with E-state index in [2.05, 4.69) is 30.6 Å². The summed E-state index contributed by atoms with van der Waals surface area (Å²) in [6, 6.07) is 7.25. The van der Waals surface area contributed by atoms with Gasteiger partial charge in [-0.2, -0.15) is 28.1 Å². The molecule has 0 unspecified atom stereocenters. The Labute approximate surface area is 175 Å². The predicted molar refractivity (Wildman–Crippen MR) is 108 cm³/mol. The van der Waals surface area contributed by atoms with E-state index in [4.69, 9.17) is 16.3 Å². The maximum absolute atomic E-state index is 12.9. The molecule has 3 rings (SSSR count). The summed E-state index contributed by atoms with van der Waals surface area (Å²) in [5, 5.41) is 6.26. The highest BCUT2D eigenvalue weighted by molar-refractivity contribution is 6.31. The lowest BCUT2D eigenvalue weighted by molar-refractivity contribution is -0.141. The molecule has 0 fully saturated rings. The monoisotopic (exact) mass is 438 g/mol. The smallest absolute Gasteiger partial charge is 0.433 e. The molecule has 7 nitrogen and oxygen atoms in total. The Hall–Kier alpha value is -3.14. The quantitative estimate of drug-likeness (QED) is 0.548. The first kappa shape index (κ1) is 21.6. The Morgan fingerprint density at radius 1 is 1.03 bits per heavy atom. The van der Waals surface area contributed by atoms with Crippen LogP contribution in [-0.4, -0.2) is 33.1 Å². The summed E-state index contributed by atoms with van der Waals surface area (Å²) in [4.78, 5) is 16.3. The lowest BCUT2D eigenvalue weighted by Crippen LogP contribution is -2.14. The van der Waals surface area contributed by atoms with Crippen molar-refractivity contribution in [3.63, 3.8) is 0 Å². The van der Waals surface area contributed by atoms with Crippen molar-refractivity contribution in [1.29, 1.82) is 0 Å². The fraction of sp³-hybridized carbons (Fsp3) is 0.263. The first-order chi connectivity index (χ1) is 14.1. The van der Waals surface area contributed by atoms with Gasteiger partial charge in [0.25, 0.3) is 0 Å². The summed E-state index contributed by atoms with van der Waals surface area (Å²) in [5.74, 6) is 1.08. The number of aromatic nitrogens is 4. The third-order valence-electron chi connectivity index (χ3n) is 3.72. The summed E-state index contributed by atoms with van der Waals surface area (Å²) in [6.45, 7) is 3.80. The maximum Gasteiger partial charge on any atom is 0.433 e. The standard InChI is InChI=1S/C19H18ClF3N6O/c1-10(2)25-17-27-16(11-6-12(20)8-14(7-11)30-3)28-18(29-17)26-13-4-5-24-15(9-13)19(21,22)23/h4-10H,1-3H3,(H2,24,25,26,27,28,29). The summed E-state index contributed by atoms with van der Waals surface area (Å²) < 4.78 is 44.1. The Kier molecular flexibility index (Phi) is 6.25. The lowest BCUT2D eigenvalue weighted by Gasteiger charge is -2.13. The van der Waals surface area contributed by atoms with E-state index in [-0.39, 0.29) is 29.5 Å². The van der Waals surface area contributed by atoms with Crippen molar-refractivity contribution in [1.82, 2.24) is 19.9 Å². The second kappa shape index (κ2) is 8.70. The van der Waals surface area contributed by atoms with Crippen LogP contribution in [0.25, 0.3) is 11.4 Å². The summed E-state index contributed by atoms with van der Waals surface area (Å²) in [6.07, 6.45) is -3.51. The largest absolute Gasteiger partial charge is 0.497 e. The zero-order valence-electron chi connectivity index (χ0n) is 16.3. The van der Waals surface area contributed by atoms with E-state index in [9.17, 15) is 13.2 Å². The van der Waals surface area contributed by atoms with Crippen molar-refractivity contribution in [3.8, 4) is 17.1 Å². The van der Waals surface area contributed by atoms with Crippen molar-refractivity contribution in [2.24, 2.45) is 0 Å². The van der Waals surface area contributed by atoms with Crippen LogP contribution in [0.2, 0.25) is 5.02 Å². The van der Waals surface area contributed by atoms with Gasteiger partial charge in [-0.15, -0.1) is 0 Å². The molecule has 2 N–H and O–H groups in total. The number of alkyl halides is 3. The second-order valence-electron chi connectivity index (χ2n) is 6.54. The highest BCUT2D eigenvalue weighted by Gasteiger charge is 2.32. The fourth-order valence-electron chi connectivity index (χ4n) is 2.49. The van der Waals surface area contributed by atoms with Gasteiger partial charge in [0.15, 0.2) is 5.82 Å². The number of nitrogens with one attached hydrogen (secondary N) is 2. The number of ether oxygens (including phenoxy) is 1. The zero-order chi connectivity index (χ0) is 21.9. The number of anilines is 3. The first-order valence-corrected chi connectivity index (χ1v) is 9.19. The average Bonchev–Trinajstić information content (AvgIpc) is 2.66. The molecule has 0 spiro atoms. The van der Waals surface area contributed by atoms with E-state index in [0.717, 1.165) is 12.3 Å². The molecule has 158 valence electrons. The second-order valence-corrected chi connectivity index (χ2v) is 6.97. The van der Waals surface area contributed by atoms with Crippen LogP contribution in [0.5, 0.6) is 5.75 Å². The SMILES string of the molecule is COc1cc(Cl)cc(-c2nc(Nc3ccnc(C(F)(F)F)c3)nc(NC(C)C)n2)c1. The van der Waals surface area contributed by atoms with Gasteiger partial charge >= 0.3 is 6.18 Å². The van der Waals surface area contributed by atoms with Crippen LogP contribution in [0.15, 0.2) is 36.5 Å². The zero-order valence-corrected chi connectivity index (χ0v) is 17.0. The Morgan fingerprint density at radius 2 is 1.77 bits per heavy atom. The normalized spacial score (nSPS) is 11.5. The van der Waals surface area contributed by atoms with E-state index in [1.165, 1.54) is 13.2 Å². The van der Waals surface area contributed by atoms with Gasteiger partial charge in [0.1, 0.15) is 11.4 Å². The van der Waals surface area contributed by atoms with Crippen molar-refractivity contribution in [2.45, 2.75) is 26.1 Å². The first-order valence-electron chi connectivity index (χ1n) is 8.82. The van der Waals surface area contributed by atoms with E-state index < -0.39 is 11.9 Å². The molecular weight excluding hydrogens is 421 g/mol. The number of halogens is 4. The molecule has 30 heavy (non-hydrogen) atoms. The van der Waals surface area contributed by atoms with Gasteiger partial charge in [-0.05, 0) is 44.2 Å². The molecule has 1 aromatic carbocycles. The molecule has 0 aliphatic rings. The maximum atomic E-state index is 12.9. The Bertz CT molecular complexity index is 1050. The minimum Gasteiger partial charge on any atom is -0.497 e. The Balaban J connectivity index is 2.03. The molecule has 0 bridgehead atoms. The molecule has 2 heterocycles. The van der Waals surface area contributed by atoms with Crippen LogP contribution in [0, 0.1) is 0 Å². The van der Waals surface area contributed by atoms with Gasteiger partial charge in [0.05, 0.1) is 7.11 Å². The molecule has 11 heteroatoms. The summed E-state index contributed by atoms with van der Waals surface area (Å²) >= 11 is 6.14. The van der Waals surface area contributed by atoms with Gasteiger partial charge in [-0.3, -0.25) is 4.98 Å². The van der Waals surface area contributed by atoms with Gasteiger partial charge in [-0.25, -0.2) is 0 Å². The number of hydrogen-bond donors (Lipinski definition) is 2. The molecule has 0 saturated carbocycles. The number of pyridine rings is 1. The molecule has 2 aromatic heterocycles. The lowest BCUT2D eigenvalue weighted by atomic mass is 10.2. The minimum atomic E-state index is -4.57. The third kappa shape index (κ3) is 5.47. The average molecular weight is 439 g/mol. The molecule has 0 aliphatic carbocycles. The molecule has 3 aromatic rings. The van der Waals surface area contributed by atoms with Gasteiger partial charge in [0.2, 0.25) is 11.9 Å². The van der Waals surface area contributed by atoms with Crippen LogP contribution in [0.1, 0.15) is 19.5 Å². The van der Waals surface area contributed by atoms with E-state index in [0.29, 0.717) is 16.3 Å². The highest BCUT2D eigenvalue weighted by atomic mass is 35.5. The molecule has 0 amide bonds. The predicted octanol–water partition coefficient (Wildman–Crippen LogP) is 5.18. The van der Waals surface area contributed by atoms with Crippen molar-refractivity contribution >= 4 is 29.2 Å². The topological polar surface area (TPSA) is 84.8 Å². The molecule has 0 saturated heterocycles. The number of rotatable bonds is 6. The van der Waals surface area contributed by atoms with Crippen LogP contribution >= 0.6 is 11.6 Å². The number of methoxy groups -OCH3 is 1. The van der Waals surface area contributed by atoms with Crippen LogP contribution in [-0.2, 0) is 6.18 Å². The minimum absolute atomic E-state index is 0.0137. The van der Waals surface area contributed by atoms with Gasteiger partial charge in [-0.1, -0.05) is 11.6 Å². The summed E-state index contributed by atoms with van der Waals surface area (Å²) in [7, 11) is 1.50. The third-order valence-corrected chi connectivity index (χ3v) is 3.94. The number of nitrogens with zero attached hydrogens (tertiary/aromatic N) is 4. The fourth-order valence-corrected chi connectivity index (χ4v) is 2.71. The summed E-state index contributed by atoms with van der Waals surface area (Å²) in [5.41, 5.74) is -0.335. The number of benzene rings is 1. The Morgan fingerprint density at radius 3 is 2.43 bits per heavy atom. The molecule has 0 radical (unpaired) electrons. The van der Waals surface area contributed by atoms with Crippen molar-refractivity contribution in [3.05, 3.63) is 47.2 Å². The molecule has 0 aliphatic heterocycles. The van der Waals surface area contributed by atoms with Gasteiger partial charge in [0, 0.05) is 28.5 Å².